The maximum Gasteiger partial charge on any atom is 0.241 e. The van der Waals surface area contributed by atoms with Crippen molar-refractivity contribution in [3.8, 4) is 6.07 Å². The molecule has 0 aromatic heterocycles. The number of hydrogen-bond acceptors (Lipinski definition) is 4. The van der Waals surface area contributed by atoms with Gasteiger partial charge in [-0.05, 0) is 74.1 Å². The number of nitrogens with zero attached hydrogens (tertiary/aromatic N) is 2. The average Bonchev–Trinajstić information content (AvgIpc) is 3.32. The molecule has 1 amide bonds. The Morgan fingerprint density at radius 1 is 1.39 bits per heavy atom. The summed E-state index contributed by atoms with van der Waals surface area (Å²) < 4.78 is 172. The van der Waals surface area contributed by atoms with Crippen LogP contribution in [0.25, 0.3) is 0 Å². The molecule has 6 aliphatic rings. The second-order valence-electron chi connectivity index (χ2n) is 5.74. The second kappa shape index (κ2) is 4.29. The molecule has 5 aliphatic carbocycles. The molecule has 1 aliphatic heterocycles. The molecule has 5 heteroatoms. The third-order valence-corrected chi connectivity index (χ3v) is 4.18. The number of likely N-dealkylation sites (tertiary alicyclic amines) is 1. The van der Waals surface area contributed by atoms with Crippen molar-refractivity contribution in [2.75, 3.05) is 0 Å². The van der Waals surface area contributed by atoms with Crippen LogP contribution >= 0.6 is 0 Å². The lowest BCUT2D eigenvalue weighted by Crippen LogP contribution is -2.64. The van der Waals surface area contributed by atoms with Crippen LogP contribution in [-0.2, 0) is 4.79 Å². The van der Waals surface area contributed by atoms with Crippen molar-refractivity contribution in [2.24, 2.45) is 28.9 Å². The third-order valence-electron chi connectivity index (χ3n) is 4.18. The molecule has 0 aromatic carbocycles. The lowest BCUT2D eigenvalue weighted by molar-refractivity contribution is -0.177. The SMILES string of the molecule is [2H]C1([2H])[C@H]2[C@@H]1C([2H])([2H])[C@@]([2H])(C#N)N2C(=O)[C@]([2H])(N)C12C([2H])([2H])C3([2H])C([2H])([2H])C([2H])(C([2H])([2H])C(O)(C3([2H])[2H])C1([2H])[2H])C2([2H])[2H]. The predicted octanol–water partition coefficient (Wildman–Crippen LogP) is 1.16. The second-order valence-corrected chi connectivity index (χ2v) is 5.74. The molecular formula is C18H25N3O2. The van der Waals surface area contributed by atoms with E-state index in [2.05, 4.69) is 0 Å². The normalized spacial score (nSPS) is 95.1. The summed E-state index contributed by atoms with van der Waals surface area (Å²) in [5.74, 6) is -13.1. The molecule has 1 saturated heterocycles. The van der Waals surface area contributed by atoms with E-state index in [1.165, 1.54) is 0 Å². The van der Waals surface area contributed by atoms with Crippen LogP contribution < -0.4 is 5.73 Å². The highest BCUT2D eigenvalue weighted by atomic mass is 16.3. The van der Waals surface area contributed by atoms with Crippen LogP contribution in [0.15, 0.2) is 0 Å². The lowest BCUT2D eigenvalue weighted by Gasteiger charge is -2.61. The summed E-state index contributed by atoms with van der Waals surface area (Å²) in [5, 5.41) is 21.5. The minimum absolute atomic E-state index is 0.235. The van der Waals surface area contributed by atoms with Crippen LogP contribution in [0.3, 0.4) is 0 Å². The Morgan fingerprint density at radius 3 is 2.74 bits per heavy atom. The fourth-order valence-corrected chi connectivity index (χ4v) is 3.14. The van der Waals surface area contributed by atoms with Gasteiger partial charge < -0.3 is 15.7 Å². The van der Waals surface area contributed by atoms with Gasteiger partial charge in [0.15, 0.2) is 0 Å². The number of nitrogens with two attached hydrogens (primary N) is 1. The van der Waals surface area contributed by atoms with Gasteiger partial charge in [0, 0.05) is 30.7 Å². The highest BCUT2D eigenvalue weighted by Crippen LogP contribution is 2.63. The molecule has 2 unspecified atom stereocenters. The summed E-state index contributed by atoms with van der Waals surface area (Å²) in [7, 11) is 0. The molecule has 1 heterocycles. The monoisotopic (exact) mass is 335 g/mol. The quantitative estimate of drug-likeness (QED) is 0.792. The highest BCUT2D eigenvalue weighted by Gasteiger charge is 2.62. The molecule has 0 aromatic rings. The minimum Gasteiger partial charge on any atom is -0.390 e. The van der Waals surface area contributed by atoms with Crippen LogP contribution in [0.4, 0.5) is 0 Å². The van der Waals surface area contributed by atoms with Crippen LogP contribution in [0.1, 0.15) is 78.4 Å². The van der Waals surface area contributed by atoms with Gasteiger partial charge in [-0.2, -0.15) is 5.26 Å². The van der Waals surface area contributed by atoms with E-state index in [9.17, 15) is 15.2 Å². The number of piperidine rings is 1. The molecule has 5 saturated carbocycles. The van der Waals surface area contributed by atoms with Gasteiger partial charge in [0.1, 0.15) is 6.02 Å². The first kappa shape index (κ1) is 4.53. The zero-order valence-corrected chi connectivity index (χ0v) is 11.5. The van der Waals surface area contributed by atoms with E-state index in [-0.39, 0.29) is 4.90 Å². The molecule has 124 valence electrons. The van der Waals surface area contributed by atoms with E-state index in [1.54, 1.807) is 0 Å². The third kappa shape index (κ3) is 1.88. The first-order chi connectivity index (χ1) is 18.6. The summed E-state index contributed by atoms with van der Waals surface area (Å²) in [5.41, 5.74) is -3.21. The molecule has 6 fully saturated rings. The Hall–Kier alpha value is -1.12. The Labute approximate surface area is 164 Å². The van der Waals surface area contributed by atoms with Crippen molar-refractivity contribution in [1.29, 1.82) is 5.26 Å². The van der Waals surface area contributed by atoms with Crippen LogP contribution in [-0.4, -0.2) is 39.6 Å². The Bertz CT molecular complexity index is 1310. The molecule has 6 atom stereocenters. The maximum atomic E-state index is 14.3. The first-order valence-corrected chi connectivity index (χ1v) is 6.84. The van der Waals surface area contributed by atoms with Gasteiger partial charge in [-0.25, -0.2) is 0 Å². The van der Waals surface area contributed by atoms with Gasteiger partial charge in [-0.3, -0.25) is 4.79 Å². The fourth-order valence-electron chi connectivity index (χ4n) is 3.14. The summed E-state index contributed by atoms with van der Waals surface area (Å²) in [6.07, 6.45) is -32.8. The number of aliphatic hydroxyl groups is 1. The number of fused-ring (bicyclic) bond motifs is 1. The maximum absolute atomic E-state index is 14.3. The number of rotatable bonds is 2. The predicted molar refractivity (Wildman–Crippen MR) is 82.8 cm³/mol. The van der Waals surface area contributed by atoms with Gasteiger partial charge in [-0.1, -0.05) is 0 Å². The molecule has 4 bridgehead atoms. The fraction of sp³-hybridized carbons (Fsp3) is 0.889. The minimum atomic E-state index is -4.64. The van der Waals surface area contributed by atoms with Crippen molar-refractivity contribution < 1.29 is 37.3 Å². The van der Waals surface area contributed by atoms with Gasteiger partial charge in [0.05, 0.1) is 20.4 Å². The van der Waals surface area contributed by atoms with Gasteiger partial charge in [-0.15, -0.1) is 0 Å². The molecule has 6 rings (SSSR count). The Morgan fingerprint density at radius 2 is 2.09 bits per heavy atom. The van der Waals surface area contributed by atoms with E-state index in [0.29, 0.717) is 0 Å². The van der Waals surface area contributed by atoms with Gasteiger partial charge in [0.25, 0.3) is 0 Å². The number of carbonyl (C=O) groups excluding carboxylic acids is 1. The lowest BCUT2D eigenvalue weighted by atomic mass is 9.46. The van der Waals surface area contributed by atoms with Crippen molar-refractivity contribution in [3.63, 3.8) is 0 Å². The van der Waals surface area contributed by atoms with Crippen LogP contribution in [0.5, 0.6) is 0 Å². The van der Waals surface area contributed by atoms with E-state index in [4.69, 9.17) is 33.1 Å². The largest absolute Gasteiger partial charge is 0.390 e. The van der Waals surface area contributed by atoms with Crippen LogP contribution in [0, 0.1) is 34.5 Å². The van der Waals surface area contributed by atoms with E-state index in [1.807, 2.05) is 0 Å². The molecule has 0 spiro atoms. The average molecular weight is 336 g/mol. The molecule has 23 heavy (non-hydrogen) atoms. The smallest absolute Gasteiger partial charge is 0.241 e. The van der Waals surface area contributed by atoms with E-state index < -0.39 is 104 Å². The number of nitriles is 1. The van der Waals surface area contributed by atoms with E-state index >= 15 is 0 Å². The number of hydrogen-bond donors (Lipinski definition) is 2. The van der Waals surface area contributed by atoms with Crippen molar-refractivity contribution >= 4 is 5.91 Å². The standard InChI is InChI=1S/C18H25N3O2/c19-8-13-2-12-3-14(12)21(13)16(22)15(20)17-4-10-1-11(5-17)7-18(23,6-10)9-17/h10-15,23H,1-7,9,20H2/t10?,11?,12-,13+,14+,15+,17?,18?/m1/s1/i1D2,2D2,3D2,4D2,5D2,6D2,7D2,9D2,10D,11D,13D,15D. The van der Waals surface area contributed by atoms with Crippen molar-refractivity contribution in [2.45, 2.75) is 74.7 Å². The van der Waals surface area contributed by atoms with Gasteiger partial charge >= 0.3 is 0 Å². The van der Waals surface area contributed by atoms with Crippen LogP contribution in [0.2, 0.25) is 0 Å². The van der Waals surface area contributed by atoms with E-state index in [0.717, 1.165) is 6.07 Å². The first-order valence-electron chi connectivity index (χ1n) is 16.8. The Kier molecular flexibility index (Phi) is 0.844. The van der Waals surface area contributed by atoms with Gasteiger partial charge in [0.2, 0.25) is 5.91 Å². The topological polar surface area (TPSA) is 90.4 Å². The van der Waals surface area contributed by atoms with Crippen molar-refractivity contribution in [1.82, 2.24) is 4.90 Å². The van der Waals surface area contributed by atoms with Crippen molar-refractivity contribution in [3.05, 3.63) is 0 Å². The zero-order valence-electron chi connectivity index (χ0n) is 31.5. The molecule has 0 radical (unpaired) electrons. The highest BCUT2D eigenvalue weighted by molar-refractivity contribution is 5.84. The summed E-state index contributed by atoms with van der Waals surface area (Å²) in [6.45, 7) is 0. The zero-order chi connectivity index (χ0) is 34.0. The summed E-state index contributed by atoms with van der Waals surface area (Å²) >= 11 is 0. The molecule has 3 N–H and O–H groups in total. The molecule has 5 nitrogen and oxygen atoms in total. The summed E-state index contributed by atoms with van der Waals surface area (Å²) in [4.78, 5) is 14.0. The Balaban J connectivity index is 1.95. The number of amides is 1. The summed E-state index contributed by atoms with van der Waals surface area (Å²) in [6, 6.07) is -8.89. The molecular weight excluding hydrogens is 290 g/mol. The number of carbonyl (C=O) groups is 1.